The van der Waals surface area contributed by atoms with Crippen LogP contribution < -0.4 is 0 Å². The summed E-state index contributed by atoms with van der Waals surface area (Å²) in [6, 6.07) is 9.56. The fourth-order valence-electron chi connectivity index (χ4n) is 3.07. The molecular formula is C20H22N2O4. The van der Waals surface area contributed by atoms with E-state index in [1.54, 1.807) is 17.2 Å². The molecule has 1 fully saturated rings. The zero-order valence-electron chi connectivity index (χ0n) is 14.9. The molecule has 1 saturated heterocycles. The van der Waals surface area contributed by atoms with Gasteiger partial charge in [0.2, 0.25) is 0 Å². The SMILES string of the molecule is CC1CN(C(=O)COC(=O)/C=C/c2cccc3cccnc23)CC(C)O1. The third kappa shape index (κ3) is 4.46. The Kier molecular flexibility index (Phi) is 5.63. The summed E-state index contributed by atoms with van der Waals surface area (Å²) < 4.78 is 10.7. The van der Waals surface area contributed by atoms with Crippen molar-refractivity contribution in [1.82, 2.24) is 9.88 Å². The number of hydrogen-bond acceptors (Lipinski definition) is 5. The minimum Gasteiger partial charge on any atom is -0.452 e. The second kappa shape index (κ2) is 8.10. The Hall–Kier alpha value is -2.73. The molecule has 2 atom stereocenters. The number of rotatable bonds is 4. The van der Waals surface area contributed by atoms with Crippen molar-refractivity contribution in [2.75, 3.05) is 19.7 Å². The number of ether oxygens (including phenoxy) is 2. The number of esters is 1. The average Bonchev–Trinajstić information content (AvgIpc) is 2.63. The van der Waals surface area contributed by atoms with E-state index in [4.69, 9.17) is 9.47 Å². The summed E-state index contributed by atoms with van der Waals surface area (Å²) in [6.45, 7) is 4.60. The quantitative estimate of drug-likeness (QED) is 0.623. The van der Waals surface area contributed by atoms with Crippen molar-refractivity contribution in [3.05, 3.63) is 48.2 Å². The Morgan fingerprint density at radius 2 is 1.96 bits per heavy atom. The molecule has 0 N–H and O–H groups in total. The highest BCUT2D eigenvalue weighted by molar-refractivity contribution is 5.93. The molecule has 0 aliphatic carbocycles. The predicted octanol–water partition coefficient (Wildman–Crippen LogP) is 2.43. The zero-order valence-corrected chi connectivity index (χ0v) is 14.9. The Morgan fingerprint density at radius 3 is 2.73 bits per heavy atom. The highest BCUT2D eigenvalue weighted by atomic mass is 16.5. The Bertz CT molecular complexity index is 818. The minimum atomic E-state index is -0.555. The van der Waals surface area contributed by atoms with Crippen molar-refractivity contribution in [2.45, 2.75) is 26.1 Å². The van der Waals surface area contributed by atoms with Crippen LogP contribution in [0.15, 0.2) is 42.6 Å². The number of carbonyl (C=O) groups excluding carboxylic acids is 2. The van der Waals surface area contributed by atoms with Crippen LogP contribution >= 0.6 is 0 Å². The summed E-state index contributed by atoms with van der Waals surface area (Å²) in [5.41, 5.74) is 1.63. The van der Waals surface area contributed by atoms with E-state index in [1.807, 2.05) is 44.2 Å². The summed E-state index contributed by atoms with van der Waals surface area (Å²) in [7, 11) is 0. The van der Waals surface area contributed by atoms with Crippen molar-refractivity contribution in [1.29, 1.82) is 0 Å². The van der Waals surface area contributed by atoms with Gasteiger partial charge in [-0.2, -0.15) is 0 Å². The topological polar surface area (TPSA) is 68.7 Å². The molecule has 1 amide bonds. The summed E-state index contributed by atoms with van der Waals surface area (Å²) in [4.78, 5) is 30.1. The van der Waals surface area contributed by atoms with Crippen LogP contribution in [-0.4, -0.2) is 53.7 Å². The van der Waals surface area contributed by atoms with E-state index in [0.29, 0.717) is 13.1 Å². The fraction of sp³-hybridized carbons (Fsp3) is 0.350. The predicted molar refractivity (Wildman–Crippen MR) is 98.3 cm³/mol. The van der Waals surface area contributed by atoms with Crippen LogP contribution in [0.1, 0.15) is 19.4 Å². The van der Waals surface area contributed by atoms with E-state index < -0.39 is 5.97 Å². The lowest BCUT2D eigenvalue weighted by atomic mass is 10.1. The fourth-order valence-corrected chi connectivity index (χ4v) is 3.07. The lowest BCUT2D eigenvalue weighted by molar-refractivity contribution is -0.154. The van der Waals surface area contributed by atoms with Gasteiger partial charge in [-0.25, -0.2) is 4.79 Å². The standard InChI is InChI=1S/C20H22N2O4/c1-14-11-22(12-15(2)26-14)18(23)13-25-19(24)9-8-17-6-3-5-16-7-4-10-21-20(16)17/h3-10,14-15H,11-13H2,1-2H3/b9-8+. The molecule has 2 aromatic rings. The van der Waals surface area contributed by atoms with Crippen LogP contribution in [-0.2, 0) is 19.1 Å². The Labute approximate surface area is 152 Å². The van der Waals surface area contributed by atoms with Gasteiger partial charge in [-0.3, -0.25) is 9.78 Å². The zero-order chi connectivity index (χ0) is 18.5. The van der Waals surface area contributed by atoms with Gasteiger partial charge in [-0.1, -0.05) is 24.3 Å². The molecule has 1 aliphatic rings. The molecule has 0 bridgehead atoms. The van der Waals surface area contributed by atoms with Gasteiger partial charge in [-0.05, 0) is 26.0 Å². The number of carbonyl (C=O) groups is 2. The van der Waals surface area contributed by atoms with E-state index in [2.05, 4.69) is 4.98 Å². The van der Waals surface area contributed by atoms with Gasteiger partial charge in [0.15, 0.2) is 6.61 Å². The van der Waals surface area contributed by atoms with Crippen molar-refractivity contribution < 1.29 is 19.1 Å². The summed E-state index contributed by atoms with van der Waals surface area (Å²) in [5.74, 6) is -0.763. The van der Waals surface area contributed by atoms with E-state index in [1.165, 1.54) is 6.08 Å². The minimum absolute atomic E-state index is 0.0165. The third-order valence-electron chi connectivity index (χ3n) is 4.17. The molecule has 2 unspecified atom stereocenters. The van der Waals surface area contributed by atoms with E-state index in [9.17, 15) is 9.59 Å². The molecule has 0 radical (unpaired) electrons. The maximum atomic E-state index is 12.2. The first-order valence-electron chi connectivity index (χ1n) is 8.65. The molecule has 0 spiro atoms. The molecule has 1 aromatic heterocycles. The molecule has 3 rings (SSSR count). The Morgan fingerprint density at radius 1 is 1.23 bits per heavy atom. The van der Waals surface area contributed by atoms with E-state index in [-0.39, 0.29) is 24.7 Å². The van der Waals surface area contributed by atoms with Crippen LogP contribution in [0.4, 0.5) is 0 Å². The van der Waals surface area contributed by atoms with Crippen LogP contribution in [0, 0.1) is 0 Å². The maximum absolute atomic E-state index is 12.2. The number of benzene rings is 1. The van der Waals surface area contributed by atoms with Gasteiger partial charge in [0.25, 0.3) is 5.91 Å². The number of fused-ring (bicyclic) bond motifs is 1. The van der Waals surface area contributed by atoms with Gasteiger partial charge in [0.1, 0.15) is 0 Å². The van der Waals surface area contributed by atoms with Crippen LogP contribution in [0.2, 0.25) is 0 Å². The maximum Gasteiger partial charge on any atom is 0.331 e. The summed E-state index contributed by atoms with van der Waals surface area (Å²) in [6.07, 6.45) is 4.65. The van der Waals surface area contributed by atoms with Gasteiger partial charge in [0, 0.05) is 36.3 Å². The largest absolute Gasteiger partial charge is 0.452 e. The lowest BCUT2D eigenvalue weighted by Gasteiger charge is -2.35. The second-order valence-corrected chi connectivity index (χ2v) is 6.42. The van der Waals surface area contributed by atoms with Gasteiger partial charge >= 0.3 is 5.97 Å². The molecule has 0 saturated carbocycles. The first kappa shape index (κ1) is 18.1. The Balaban J connectivity index is 1.57. The highest BCUT2D eigenvalue weighted by Gasteiger charge is 2.26. The molecule has 1 aromatic carbocycles. The number of pyridine rings is 1. The number of aromatic nitrogens is 1. The second-order valence-electron chi connectivity index (χ2n) is 6.42. The lowest BCUT2D eigenvalue weighted by Crippen LogP contribution is -2.49. The van der Waals surface area contributed by atoms with Crippen LogP contribution in [0.5, 0.6) is 0 Å². The number of nitrogens with zero attached hydrogens (tertiary/aromatic N) is 2. The molecule has 6 heteroatoms. The molecule has 26 heavy (non-hydrogen) atoms. The smallest absolute Gasteiger partial charge is 0.331 e. The summed E-state index contributed by atoms with van der Waals surface area (Å²) >= 11 is 0. The van der Waals surface area contributed by atoms with Gasteiger partial charge in [-0.15, -0.1) is 0 Å². The average molecular weight is 354 g/mol. The monoisotopic (exact) mass is 354 g/mol. The van der Waals surface area contributed by atoms with E-state index >= 15 is 0 Å². The van der Waals surface area contributed by atoms with E-state index in [0.717, 1.165) is 16.5 Å². The van der Waals surface area contributed by atoms with Crippen LogP contribution in [0.25, 0.3) is 17.0 Å². The molecule has 1 aliphatic heterocycles. The molecule has 2 heterocycles. The molecular weight excluding hydrogens is 332 g/mol. The number of para-hydroxylation sites is 1. The molecule has 6 nitrogen and oxygen atoms in total. The number of morpholine rings is 1. The van der Waals surface area contributed by atoms with Crippen LogP contribution in [0.3, 0.4) is 0 Å². The normalized spacial score (nSPS) is 20.5. The first-order chi connectivity index (χ1) is 12.5. The highest BCUT2D eigenvalue weighted by Crippen LogP contribution is 2.17. The van der Waals surface area contributed by atoms with Crippen molar-refractivity contribution >= 4 is 28.9 Å². The summed E-state index contributed by atoms with van der Waals surface area (Å²) in [5, 5.41) is 0.994. The van der Waals surface area contributed by atoms with Crippen molar-refractivity contribution in [3.63, 3.8) is 0 Å². The molecule has 136 valence electrons. The first-order valence-corrected chi connectivity index (χ1v) is 8.65. The number of amides is 1. The third-order valence-corrected chi connectivity index (χ3v) is 4.17. The van der Waals surface area contributed by atoms with Gasteiger partial charge in [0.05, 0.1) is 17.7 Å². The van der Waals surface area contributed by atoms with Crippen molar-refractivity contribution in [3.8, 4) is 0 Å². The number of hydrogen-bond donors (Lipinski definition) is 0. The van der Waals surface area contributed by atoms with Crippen molar-refractivity contribution in [2.24, 2.45) is 0 Å². The van der Waals surface area contributed by atoms with Gasteiger partial charge < -0.3 is 14.4 Å².